The third kappa shape index (κ3) is 4.88. The molecule has 1 aliphatic rings. The molecule has 3 rings (SSSR count). The first kappa shape index (κ1) is 22.7. The summed E-state index contributed by atoms with van der Waals surface area (Å²) in [6.07, 6.45) is -4.40. The molecule has 0 unspecified atom stereocenters. The Kier molecular flexibility index (Phi) is 7.88. The standard InChI is InChI=1S/C16H16F3N3OS.2ClH/c1-10-8-20-5-6-22(10)15(23)13-9-24-14(21-13)11-3-2-4-12(7-11)16(17,18)19;;/h2-4,7,9-10,20H,5-6,8H2,1H3;2*1H/t10-;;/m0../s1. The summed E-state index contributed by atoms with van der Waals surface area (Å²) in [5.41, 5.74) is -0.0813. The van der Waals surface area contributed by atoms with Gasteiger partial charge in [0.1, 0.15) is 10.7 Å². The number of nitrogens with one attached hydrogen (secondary N) is 1. The van der Waals surface area contributed by atoms with Gasteiger partial charge in [0.05, 0.1) is 5.56 Å². The van der Waals surface area contributed by atoms with Crippen LogP contribution >= 0.6 is 36.2 Å². The Bertz CT molecular complexity index is 754. The normalized spacial score (nSPS) is 17.2. The van der Waals surface area contributed by atoms with Crippen molar-refractivity contribution in [3.8, 4) is 10.6 Å². The molecule has 10 heteroatoms. The van der Waals surface area contributed by atoms with Gasteiger partial charge in [0, 0.05) is 36.6 Å². The molecule has 26 heavy (non-hydrogen) atoms. The Morgan fingerprint density at radius 1 is 1.35 bits per heavy atom. The number of benzene rings is 1. The molecule has 144 valence electrons. The van der Waals surface area contributed by atoms with Crippen LogP contribution in [0.3, 0.4) is 0 Å². The number of nitrogens with zero attached hydrogens (tertiary/aromatic N) is 2. The molecule has 1 aromatic heterocycles. The third-order valence-electron chi connectivity index (χ3n) is 3.92. The summed E-state index contributed by atoms with van der Waals surface area (Å²) in [5.74, 6) is -0.182. The van der Waals surface area contributed by atoms with Crippen LogP contribution in [-0.4, -0.2) is 41.5 Å². The van der Waals surface area contributed by atoms with E-state index in [0.717, 1.165) is 25.2 Å². The minimum Gasteiger partial charge on any atom is -0.332 e. The van der Waals surface area contributed by atoms with Gasteiger partial charge in [0.25, 0.3) is 5.91 Å². The zero-order valence-electron chi connectivity index (χ0n) is 13.7. The number of piperazine rings is 1. The van der Waals surface area contributed by atoms with Gasteiger partial charge in [0.2, 0.25) is 0 Å². The van der Waals surface area contributed by atoms with Crippen molar-refractivity contribution < 1.29 is 18.0 Å². The van der Waals surface area contributed by atoms with Crippen LogP contribution in [0.5, 0.6) is 0 Å². The van der Waals surface area contributed by atoms with Gasteiger partial charge in [-0.05, 0) is 19.1 Å². The second-order valence-corrected chi connectivity index (χ2v) is 6.53. The first-order valence-corrected chi connectivity index (χ1v) is 8.39. The molecule has 0 aliphatic carbocycles. The minimum atomic E-state index is -4.40. The van der Waals surface area contributed by atoms with Crippen molar-refractivity contribution in [1.29, 1.82) is 0 Å². The average molecular weight is 428 g/mol. The number of carbonyl (C=O) groups is 1. The lowest BCUT2D eigenvalue weighted by Crippen LogP contribution is -2.52. The molecule has 1 N–H and O–H groups in total. The SMILES string of the molecule is C[C@H]1CNCCN1C(=O)c1csc(-c2cccc(C(F)(F)F)c2)n1.Cl.Cl. The number of aromatic nitrogens is 1. The number of alkyl halides is 3. The number of carbonyl (C=O) groups excluding carboxylic acids is 1. The van der Waals surface area contributed by atoms with Crippen molar-refractivity contribution in [2.75, 3.05) is 19.6 Å². The molecule has 1 atom stereocenters. The molecule has 0 bridgehead atoms. The molecule has 1 amide bonds. The van der Waals surface area contributed by atoms with Crippen molar-refractivity contribution in [2.45, 2.75) is 19.1 Å². The summed E-state index contributed by atoms with van der Waals surface area (Å²) in [7, 11) is 0. The predicted molar refractivity (Wildman–Crippen MR) is 100 cm³/mol. The summed E-state index contributed by atoms with van der Waals surface area (Å²) in [6, 6.07) is 5.05. The van der Waals surface area contributed by atoms with E-state index in [-0.39, 0.29) is 42.5 Å². The lowest BCUT2D eigenvalue weighted by Gasteiger charge is -2.33. The fourth-order valence-corrected chi connectivity index (χ4v) is 3.41. The number of rotatable bonds is 2. The van der Waals surface area contributed by atoms with Gasteiger partial charge in [-0.3, -0.25) is 4.79 Å². The van der Waals surface area contributed by atoms with E-state index in [1.807, 2.05) is 6.92 Å². The quantitative estimate of drug-likeness (QED) is 0.784. The fourth-order valence-electron chi connectivity index (χ4n) is 2.62. The van der Waals surface area contributed by atoms with Gasteiger partial charge in [0.15, 0.2) is 0 Å². The maximum absolute atomic E-state index is 12.8. The molecule has 1 aliphatic heterocycles. The Labute approximate surface area is 165 Å². The molecule has 1 fully saturated rings. The second-order valence-electron chi connectivity index (χ2n) is 5.67. The first-order valence-electron chi connectivity index (χ1n) is 7.51. The summed E-state index contributed by atoms with van der Waals surface area (Å²) < 4.78 is 38.5. The molecule has 2 heterocycles. The summed E-state index contributed by atoms with van der Waals surface area (Å²) in [4.78, 5) is 18.5. The van der Waals surface area contributed by atoms with E-state index >= 15 is 0 Å². The smallest absolute Gasteiger partial charge is 0.332 e. The van der Waals surface area contributed by atoms with E-state index < -0.39 is 11.7 Å². The van der Waals surface area contributed by atoms with Crippen molar-refractivity contribution in [1.82, 2.24) is 15.2 Å². The molecule has 0 saturated carbocycles. The molecule has 2 aromatic rings. The van der Waals surface area contributed by atoms with Crippen LogP contribution in [0.4, 0.5) is 13.2 Å². The monoisotopic (exact) mass is 427 g/mol. The second kappa shape index (κ2) is 9.03. The van der Waals surface area contributed by atoms with Crippen LogP contribution in [0.2, 0.25) is 0 Å². The minimum absolute atomic E-state index is 0. The highest BCUT2D eigenvalue weighted by Crippen LogP contribution is 2.33. The van der Waals surface area contributed by atoms with E-state index in [0.29, 0.717) is 17.1 Å². The van der Waals surface area contributed by atoms with Crippen LogP contribution in [0.1, 0.15) is 23.0 Å². The van der Waals surface area contributed by atoms with Gasteiger partial charge >= 0.3 is 6.18 Å². The Morgan fingerprint density at radius 3 is 2.73 bits per heavy atom. The number of hydrogen-bond donors (Lipinski definition) is 1. The van der Waals surface area contributed by atoms with Gasteiger partial charge in [-0.1, -0.05) is 12.1 Å². The third-order valence-corrected chi connectivity index (χ3v) is 4.81. The maximum Gasteiger partial charge on any atom is 0.416 e. The number of thiazole rings is 1. The van der Waals surface area contributed by atoms with Crippen LogP contribution in [-0.2, 0) is 6.18 Å². The average Bonchev–Trinajstić information content (AvgIpc) is 3.04. The predicted octanol–water partition coefficient (Wildman–Crippen LogP) is 4.11. The molecule has 0 spiro atoms. The highest BCUT2D eigenvalue weighted by atomic mass is 35.5. The zero-order chi connectivity index (χ0) is 17.3. The fraction of sp³-hybridized carbons (Fsp3) is 0.375. The molecular formula is C16H18Cl2F3N3OS. The van der Waals surface area contributed by atoms with Gasteiger partial charge < -0.3 is 10.2 Å². The van der Waals surface area contributed by atoms with Crippen LogP contribution in [0.25, 0.3) is 10.6 Å². The number of amides is 1. The maximum atomic E-state index is 12.8. The van der Waals surface area contributed by atoms with Gasteiger partial charge in [-0.25, -0.2) is 4.98 Å². The Hall–Kier alpha value is -1.35. The van der Waals surface area contributed by atoms with Crippen molar-refractivity contribution in [2.24, 2.45) is 0 Å². The van der Waals surface area contributed by atoms with Crippen molar-refractivity contribution >= 4 is 42.1 Å². The van der Waals surface area contributed by atoms with E-state index in [2.05, 4.69) is 10.3 Å². The Balaban J connectivity index is 0.00000169. The van der Waals surface area contributed by atoms with E-state index in [4.69, 9.17) is 0 Å². The first-order chi connectivity index (χ1) is 11.4. The van der Waals surface area contributed by atoms with Crippen molar-refractivity contribution in [3.63, 3.8) is 0 Å². The number of hydrogen-bond acceptors (Lipinski definition) is 4. The van der Waals surface area contributed by atoms with E-state index in [9.17, 15) is 18.0 Å². The molecule has 1 saturated heterocycles. The largest absolute Gasteiger partial charge is 0.416 e. The molecule has 4 nitrogen and oxygen atoms in total. The summed E-state index contributed by atoms with van der Waals surface area (Å²) in [5, 5.41) is 5.22. The topological polar surface area (TPSA) is 45.2 Å². The lowest BCUT2D eigenvalue weighted by molar-refractivity contribution is -0.137. The zero-order valence-corrected chi connectivity index (χ0v) is 16.2. The molecule has 0 radical (unpaired) electrons. The molecule has 1 aromatic carbocycles. The Morgan fingerprint density at radius 2 is 2.08 bits per heavy atom. The van der Waals surface area contributed by atoms with Crippen LogP contribution in [0.15, 0.2) is 29.6 Å². The van der Waals surface area contributed by atoms with Crippen molar-refractivity contribution in [3.05, 3.63) is 40.9 Å². The van der Waals surface area contributed by atoms with Crippen LogP contribution in [0, 0.1) is 0 Å². The highest BCUT2D eigenvalue weighted by molar-refractivity contribution is 7.13. The van der Waals surface area contributed by atoms with Gasteiger partial charge in [-0.2, -0.15) is 13.2 Å². The van der Waals surface area contributed by atoms with Crippen LogP contribution < -0.4 is 5.32 Å². The van der Waals surface area contributed by atoms with E-state index in [1.54, 1.807) is 16.3 Å². The molecular weight excluding hydrogens is 410 g/mol. The summed E-state index contributed by atoms with van der Waals surface area (Å²) in [6.45, 7) is 3.98. The van der Waals surface area contributed by atoms with Gasteiger partial charge in [-0.15, -0.1) is 36.2 Å². The number of halogens is 5. The summed E-state index contributed by atoms with van der Waals surface area (Å²) >= 11 is 1.17. The van der Waals surface area contributed by atoms with E-state index in [1.165, 1.54) is 17.4 Å². The highest BCUT2D eigenvalue weighted by Gasteiger charge is 2.31. The lowest BCUT2D eigenvalue weighted by atomic mass is 10.1.